The van der Waals surface area contributed by atoms with E-state index in [2.05, 4.69) is 27.0 Å². The number of para-hydroxylation sites is 1. The van der Waals surface area contributed by atoms with Crippen LogP contribution in [0.3, 0.4) is 0 Å². The number of nitriles is 1. The summed E-state index contributed by atoms with van der Waals surface area (Å²) < 4.78 is 9.48. The van der Waals surface area contributed by atoms with Crippen molar-refractivity contribution in [2.24, 2.45) is 5.41 Å². The minimum Gasteiger partial charge on any atom is -0.381 e. The molecule has 6 nitrogen and oxygen atoms in total. The summed E-state index contributed by atoms with van der Waals surface area (Å²) >= 11 is 3.44. The van der Waals surface area contributed by atoms with Gasteiger partial charge in [-0.15, -0.1) is 0 Å². The number of nitrogens with zero attached hydrogens (tertiary/aromatic N) is 4. The summed E-state index contributed by atoms with van der Waals surface area (Å²) in [5, 5.41) is 9.79. The number of benzene rings is 1. The van der Waals surface area contributed by atoms with Crippen molar-refractivity contribution in [2.45, 2.75) is 19.4 Å². The van der Waals surface area contributed by atoms with Crippen molar-refractivity contribution in [3.8, 4) is 11.8 Å². The maximum Gasteiger partial charge on any atom is 0.335 e. The molecule has 0 amide bonds. The van der Waals surface area contributed by atoms with Gasteiger partial charge in [-0.2, -0.15) is 5.26 Å². The molecule has 1 saturated heterocycles. The molecule has 132 valence electrons. The van der Waals surface area contributed by atoms with E-state index in [0.717, 1.165) is 10.2 Å². The molecule has 0 bridgehead atoms. The first kappa shape index (κ1) is 17.0. The number of fused-ring (bicyclic) bond motifs is 1. The van der Waals surface area contributed by atoms with Crippen molar-refractivity contribution in [3.63, 3.8) is 0 Å². The molecule has 0 atom stereocenters. The molecule has 0 N–H and O–H groups in total. The normalized spacial score (nSPS) is 16.5. The maximum atomic E-state index is 13.3. The van der Waals surface area contributed by atoms with Gasteiger partial charge in [-0.05, 0) is 47.0 Å². The third-order valence-electron chi connectivity index (χ3n) is 4.90. The molecule has 3 aromatic rings. The van der Waals surface area contributed by atoms with E-state index in [-0.39, 0.29) is 5.69 Å². The molecule has 3 heterocycles. The smallest absolute Gasteiger partial charge is 0.335 e. The van der Waals surface area contributed by atoms with Gasteiger partial charge in [-0.1, -0.05) is 18.2 Å². The van der Waals surface area contributed by atoms with Crippen LogP contribution in [0, 0.1) is 16.7 Å². The number of ether oxygens (including phenoxy) is 1. The van der Waals surface area contributed by atoms with Crippen LogP contribution in [0.4, 0.5) is 0 Å². The van der Waals surface area contributed by atoms with Crippen LogP contribution in [0.1, 0.15) is 12.8 Å². The van der Waals surface area contributed by atoms with Crippen LogP contribution in [-0.2, 0) is 11.3 Å². The quantitative estimate of drug-likeness (QED) is 0.661. The number of rotatable bonds is 3. The minimum atomic E-state index is -0.597. The van der Waals surface area contributed by atoms with Crippen molar-refractivity contribution in [3.05, 3.63) is 57.6 Å². The van der Waals surface area contributed by atoms with E-state index < -0.39 is 5.41 Å². The molecule has 0 unspecified atom stereocenters. The Labute approximate surface area is 158 Å². The highest BCUT2D eigenvalue weighted by atomic mass is 79.9. The topological polar surface area (TPSA) is 72.8 Å². The van der Waals surface area contributed by atoms with Crippen molar-refractivity contribution < 1.29 is 4.74 Å². The van der Waals surface area contributed by atoms with Crippen molar-refractivity contribution in [1.29, 1.82) is 5.26 Å². The molecule has 2 aromatic heterocycles. The second-order valence-corrected chi connectivity index (χ2v) is 7.46. The van der Waals surface area contributed by atoms with Crippen LogP contribution in [0.25, 0.3) is 16.9 Å². The second-order valence-electron chi connectivity index (χ2n) is 6.54. The average Bonchev–Trinajstić information content (AvgIpc) is 2.94. The fourth-order valence-corrected chi connectivity index (χ4v) is 3.76. The van der Waals surface area contributed by atoms with E-state index in [4.69, 9.17) is 4.74 Å². The summed E-state index contributed by atoms with van der Waals surface area (Å²) in [5.74, 6) is 0. The van der Waals surface area contributed by atoms with E-state index in [0.29, 0.717) is 43.8 Å². The van der Waals surface area contributed by atoms with Gasteiger partial charge >= 0.3 is 5.69 Å². The molecular formula is C19H17BrN4O2. The lowest BCUT2D eigenvalue weighted by atomic mass is 9.81. The highest BCUT2D eigenvalue weighted by Crippen LogP contribution is 2.32. The van der Waals surface area contributed by atoms with Gasteiger partial charge in [0.2, 0.25) is 0 Å². The van der Waals surface area contributed by atoms with Gasteiger partial charge in [0, 0.05) is 30.4 Å². The fraction of sp³-hybridized carbons (Fsp3) is 0.316. The summed E-state index contributed by atoms with van der Waals surface area (Å²) in [4.78, 5) is 17.7. The fourth-order valence-electron chi connectivity index (χ4n) is 3.44. The molecule has 0 saturated carbocycles. The summed E-state index contributed by atoms with van der Waals surface area (Å²) in [7, 11) is 0. The summed E-state index contributed by atoms with van der Waals surface area (Å²) in [6.07, 6.45) is 2.92. The van der Waals surface area contributed by atoms with E-state index in [1.165, 1.54) is 0 Å². The molecule has 1 aliphatic rings. The summed E-state index contributed by atoms with van der Waals surface area (Å²) in [6.45, 7) is 1.42. The first-order chi connectivity index (χ1) is 12.6. The standard InChI is InChI=1S/C19H17BrN4O2/c20-14-10-16-17(22-11-14)24(15-4-2-1-3-5-15)18(25)23(16)13-19(12-21)6-8-26-9-7-19/h1-5,10-11H,6-9,13H2. The molecule has 26 heavy (non-hydrogen) atoms. The average molecular weight is 413 g/mol. The Morgan fingerprint density at radius 3 is 2.69 bits per heavy atom. The van der Waals surface area contributed by atoms with Gasteiger partial charge < -0.3 is 4.74 Å². The highest BCUT2D eigenvalue weighted by Gasteiger charge is 2.35. The lowest BCUT2D eigenvalue weighted by Gasteiger charge is -2.30. The molecule has 7 heteroatoms. The second kappa shape index (κ2) is 6.71. The molecule has 0 spiro atoms. The van der Waals surface area contributed by atoms with Crippen LogP contribution >= 0.6 is 15.9 Å². The third kappa shape index (κ3) is 2.85. The van der Waals surface area contributed by atoms with Gasteiger partial charge in [-0.25, -0.2) is 14.3 Å². The third-order valence-corrected chi connectivity index (χ3v) is 5.33. The van der Waals surface area contributed by atoms with E-state index in [1.807, 2.05) is 36.4 Å². The van der Waals surface area contributed by atoms with Gasteiger partial charge in [0.25, 0.3) is 0 Å². The molecular weight excluding hydrogens is 396 g/mol. The maximum absolute atomic E-state index is 13.3. The zero-order chi connectivity index (χ0) is 18.1. The summed E-state index contributed by atoms with van der Waals surface area (Å²) in [6, 6.07) is 13.8. The molecule has 0 radical (unpaired) electrons. The largest absolute Gasteiger partial charge is 0.381 e. The Hall–Kier alpha value is -2.43. The van der Waals surface area contributed by atoms with Crippen LogP contribution < -0.4 is 5.69 Å². The minimum absolute atomic E-state index is 0.182. The van der Waals surface area contributed by atoms with Gasteiger partial charge in [0.05, 0.1) is 22.7 Å². The Balaban J connectivity index is 1.92. The highest BCUT2D eigenvalue weighted by molar-refractivity contribution is 9.10. The van der Waals surface area contributed by atoms with Crippen LogP contribution in [-0.4, -0.2) is 27.3 Å². The van der Waals surface area contributed by atoms with Crippen LogP contribution in [0.2, 0.25) is 0 Å². The zero-order valence-electron chi connectivity index (χ0n) is 14.1. The Morgan fingerprint density at radius 2 is 2.00 bits per heavy atom. The Morgan fingerprint density at radius 1 is 1.27 bits per heavy atom. The molecule has 0 aliphatic carbocycles. The van der Waals surface area contributed by atoms with Crippen LogP contribution in [0.5, 0.6) is 0 Å². The van der Waals surface area contributed by atoms with Gasteiger partial charge in [-0.3, -0.25) is 4.57 Å². The number of pyridine rings is 1. The van der Waals surface area contributed by atoms with Gasteiger partial charge in [0.15, 0.2) is 5.65 Å². The van der Waals surface area contributed by atoms with Gasteiger partial charge in [0.1, 0.15) is 0 Å². The predicted octanol–water partition coefficient (Wildman–Crippen LogP) is 3.27. The van der Waals surface area contributed by atoms with Crippen LogP contribution in [0.15, 0.2) is 51.9 Å². The number of aromatic nitrogens is 3. The lowest BCUT2D eigenvalue weighted by Crippen LogP contribution is -2.36. The van der Waals surface area contributed by atoms with Crippen molar-refractivity contribution >= 4 is 27.1 Å². The predicted molar refractivity (Wildman–Crippen MR) is 101 cm³/mol. The monoisotopic (exact) mass is 412 g/mol. The molecule has 1 aliphatic heterocycles. The Bertz CT molecular complexity index is 1040. The number of hydrogen-bond donors (Lipinski definition) is 0. The van der Waals surface area contributed by atoms with Crippen molar-refractivity contribution in [2.75, 3.05) is 13.2 Å². The summed E-state index contributed by atoms with van der Waals surface area (Å²) in [5.41, 5.74) is 1.28. The van der Waals surface area contributed by atoms with E-state index in [9.17, 15) is 10.1 Å². The molecule has 1 fully saturated rings. The number of halogens is 1. The van der Waals surface area contributed by atoms with Crippen molar-refractivity contribution in [1.82, 2.24) is 14.1 Å². The van der Waals surface area contributed by atoms with E-state index >= 15 is 0 Å². The number of hydrogen-bond acceptors (Lipinski definition) is 4. The first-order valence-electron chi connectivity index (χ1n) is 8.45. The molecule has 4 rings (SSSR count). The SMILES string of the molecule is N#CC1(Cn2c(=O)n(-c3ccccc3)c3ncc(Br)cc32)CCOCC1. The lowest BCUT2D eigenvalue weighted by molar-refractivity contribution is 0.0333. The molecule has 1 aromatic carbocycles. The zero-order valence-corrected chi connectivity index (χ0v) is 15.6. The Kier molecular flexibility index (Phi) is 4.39. The van der Waals surface area contributed by atoms with E-state index in [1.54, 1.807) is 15.3 Å². The number of imidazole rings is 1. The first-order valence-corrected chi connectivity index (χ1v) is 9.24.